The molecule has 0 aliphatic rings. The molecule has 5 heteroatoms. The van der Waals surface area contributed by atoms with Crippen molar-refractivity contribution >= 4 is 11.5 Å². The standard InChI is InChI=1S/C11H23N5/c1-5-16(8-6-7-14(2)3)11-10(12)9-15(4)13-11/h9H,5-8,12H2,1-4H3. The van der Waals surface area contributed by atoms with Gasteiger partial charge in [-0.3, -0.25) is 4.68 Å². The Bertz CT molecular complexity index is 318. The highest BCUT2D eigenvalue weighted by Crippen LogP contribution is 2.19. The number of anilines is 2. The molecular weight excluding hydrogens is 202 g/mol. The van der Waals surface area contributed by atoms with Crippen molar-refractivity contribution in [2.24, 2.45) is 7.05 Å². The van der Waals surface area contributed by atoms with E-state index in [0.717, 1.165) is 37.6 Å². The summed E-state index contributed by atoms with van der Waals surface area (Å²) in [7, 11) is 6.07. The third-order valence-electron chi connectivity index (χ3n) is 2.55. The topological polar surface area (TPSA) is 50.3 Å². The predicted molar refractivity (Wildman–Crippen MR) is 68.7 cm³/mol. The van der Waals surface area contributed by atoms with E-state index in [1.807, 2.05) is 13.2 Å². The molecule has 1 rings (SSSR count). The lowest BCUT2D eigenvalue weighted by Crippen LogP contribution is -2.28. The molecule has 0 aromatic carbocycles. The third kappa shape index (κ3) is 3.41. The highest BCUT2D eigenvalue weighted by atomic mass is 15.3. The summed E-state index contributed by atoms with van der Waals surface area (Å²) in [5, 5.41) is 4.38. The summed E-state index contributed by atoms with van der Waals surface area (Å²) in [4.78, 5) is 4.41. The van der Waals surface area contributed by atoms with Crippen molar-refractivity contribution in [1.82, 2.24) is 14.7 Å². The molecule has 0 fully saturated rings. The number of aryl methyl sites for hydroxylation is 1. The summed E-state index contributed by atoms with van der Waals surface area (Å²) < 4.78 is 1.76. The van der Waals surface area contributed by atoms with Gasteiger partial charge in [-0.1, -0.05) is 0 Å². The Labute approximate surface area is 97.8 Å². The molecule has 92 valence electrons. The zero-order valence-corrected chi connectivity index (χ0v) is 10.8. The van der Waals surface area contributed by atoms with E-state index in [0.29, 0.717) is 0 Å². The number of nitrogens with zero attached hydrogens (tertiary/aromatic N) is 4. The van der Waals surface area contributed by atoms with Gasteiger partial charge >= 0.3 is 0 Å². The van der Waals surface area contributed by atoms with E-state index in [4.69, 9.17) is 5.73 Å². The first kappa shape index (κ1) is 12.8. The van der Waals surface area contributed by atoms with Crippen LogP contribution >= 0.6 is 0 Å². The van der Waals surface area contributed by atoms with Gasteiger partial charge in [0.25, 0.3) is 0 Å². The maximum absolute atomic E-state index is 5.91. The van der Waals surface area contributed by atoms with E-state index in [1.165, 1.54) is 0 Å². The molecule has 0 spiro atoms. The van der Waals surface area contributed by atoms with Gasteiger partial charge in [-0.15, -0.1) is 0 Å². The summed E-state index contributed by atoms with van der Waals surface area (Å²) in [5.41, 5.74) is 6.67. The molecule has 5 nitrogen and oxygen atoms in total. The second-order valence-corrected chi connectivity index (χ2v) is 4.32. The maximum Gasteiger partial charge on any atom is 0.173 e. The lowest BCUT2D eigenvalue weighted by Gasteiger charge is -2.21. The van der Waals surface area contributed by atoms with E-state index in [2.05, 4.69) is 35.9 Å². The molecule has 1 heterocycles. The van der Waals surface area contributed by atoms with Gasteiger partial charge in [0.1, 0.15) is 0 Å². The first-order valence-corrected chi connectivity index (χ1v) is 5.73. The van der Waals surface area contributed by atoms with Gasteiger partial charge < -0.3 is 15.5 Å². The average Bonchev–Trinajstić information content (AvgIpc) is 2.52. The van der Waals surface area contributed by atoms with Gasteiger partial charge in [0.2, 0.25) is 0 Å². The molecule has 0 aliphatic carbocycles. The van der Waals surface area contributed by atoms with E-state index in [9.17, 15) is 0 Å². The van der Waals surface area contributed by atoms with Crippen molar-refractivity contribution < 1.29 is 0 Å². The monoisotopic (exact) mass is 225 g/mol. The zero-order chi connectivity index (χ0) is 12.1. The Morgan fingerprint density at radius 2 is 2.06 bits per heavy atom. The van der Waals surface area contributed by atoms with Gasteiger partial charge in [-0.25, -0.2) is 0 Å². The third-order valence-corrected chi connectivity index (χ3v) is 2.55. The molecule has 0 radical (unpaired) electrons. The number of hydrogen-bond donors (Lipinski definition) is 1. The molecule has 0 saturated heterocycles. The van der Waals surface area contributed by atoms with Crippen molar-refractivity contribution in [3.8, 4) is 0 Å². The molecule has 0 atom stereocenters. The van der Waals surface area contributed by atoms with Crippen molar-refractivity contribution in [3.05, 3.63) is 6.20 Å². The SMILES string of the molecule is CCN(CCCN(C)C)c1nn(C)cc1N. The summed E-state index contributed by atoms with van der Waals surface area (Å²) in [6.45, 7) is 5.15. The molecule has 0 amide bonds. The van der Waals surface area contributed by atoms with Crippen LogP contribution in [0.15, 0.2) is 6.20 Å². The van der Waals surface area contributed by atoms with Gasteiger partial charge in [0.05, 0.1) is 5.69 Å². The Kier molecular flexibility index (Phi) is 4.61. The van der Waals surface area contributed by atoms with Crippen molar-refractivity contribution in [2.45, 2.75) is 13.3 Å². The summed E-state index contributed by atoms with van der Waals surface area (Å²) in [5.74, 6) is 0.906. The van der Waals surface area contributed by atoms with Gasteiger partial charge in [0.15, 0.2) is 5.82 Å². The second-order valence-electron chi connectivity index (χ2n) is 4.32. The largest absolute Gasteiger partial charge is 0.394 e. The average molecular weight is 225 g/mol. The molecule has 16 heavy (non-hydrogen) atoms. The molecule has 0 bridgehead atoms. The molecule has 1 aromatic rings. The molecule has 2 N–H and O–H groups in total. The number of aromatic nitrogens is 2. The van der Waals surface area contributed by atoms with Gasteiger partial charge in [-0.2, -0.15) is 5.10 Å². The minimum Gasteiger partial charge on any atom is -0.394 e. The zero-order valence-electron chi connectivity index (χ0n) is 10.8. The van der Waals surface area contributed by atoms with Crippen LogP contribution in [0.25, 0.3) is 0 Å². The highest BCUT2D eigenvalue weighted by Gasteiger charge is 2.11. The molecule has 0 unspecified atom stereocenters. The van der Waals surface area contributed by atoms with Crippen molar-refractivity contribution in [3.63, 3.8) is 0 Å². The highest BCUT2D eigenvalue weighted by molar-refractivity contribution is 5.61. The lowest BCUT2D eigenvalue weighted by molar-refractivity contribution is 0.400. The summed E-state index contributed by atoms with van der Waals surface area (Å²) in [6, 6.07) is 0. The quantitative estimate of drug-likeness (QED) is 0.777. The smallest absolute Gasteiger partial charge is 0.173 e. The number of nitrogens with two attached hydrogens (primary N) is 1. The number of rotatable bonds is 6. The van der Waals surface area contributed by atoms with Gasteiger partial charge in [0, 0.05) is 26.3 Å². The number of nitrogen functional groups attached to an aromatic ring is 1. The molecule has 0 saturated carbocycles. The van der Waals surface area contributed by atoms with Crippen LogP contribution in [0.4, 0.5) is 11.5 Å². The van der Waals surface area contributed by atoms with Crippen molar-refractivity contribution in [1.29, 1.82) is 0 Å². The summed E-state index contributed by atoms with van der Waals surface area (Å²) >= 11 is 0. The first-order valence-electron chi connectivity index (χ1n) is 5.73. The normalized spacial score (nSPS) is 11.1. The summed E-state index contributed by atoms with van der Waals surface area (Å²) in [6.07, 6.45) is 2.97. The van der Waals surface area contributed by atoms with Gasteiger partial charge in [-0.05, 0) is 34.0 Å². The maximum atomic E-state index is 5.91. The lowest BCUT2D eigenvalue weighted by atomic mass is 10.3. The van der Waals surface area contributed by atoms with Crippen LogP contribution in [0.2, 0.25) is 0 Å². The minimum atomic E-state index is 0.759. The van der Waals surface area contributed by atoms with E-state index >= 15 is 0 Å². The fraction of sp³-hybridized carbons (Fsp3) is 0.727. The molecular formula is C11H23N5. The molecule has 0 aliphatic heterocycles. The van der Waals surface area contributed by atoms with Crippen LogP contribution in [-0.2, 0) is 7.05 Å². The van der Waals surface area contributed by atoms with Crippen LogP contribution in [0, 0.1) is 0 Å². The van der Waals surface area contributed by atoms with Crippen LogP contribution in [0.5, 0.6) is 0 Å². The van der Waals surface area contributed by atoms with Crippen LogP contribution < -0.4 is 10.6 Å². The first-order chi connectivity index (χ1) is 7.54. The van der Waals surface area contributed by atoms with E-state index in [-0.39, 0.29) is 0 Å². The second kappa shape index (κ2) is 5.75. The fourth-order valence-corrected chi connectivity index (χ4v) is 1.73. The Morgan fingerprint density at radius 1 is 1.38 bits per heavy atom. The number of hydrogen-bond acceptors (Lipinski definition) is 4. The Hall–Kier alpha value is -1.23. The van der Waals surface area contributed by atoms with E-state index in [1.54, 1.807) is 4.68 Å². The van der Waals surface area contributed by atoms with Crippen LogP contribution in [0.3, 0.4) is 0 Å². The van der Waals surface area contributed by atoms with Crippen LogP contribution in [0.1, 0.15) is 13.3 Å². The predicted octanol–water partition coefficient (Wildman–Crippen LogP) is 0.780. The Morgan fingerprint density at radius 3 is 2.50 bits per heavy atom. The van der Waals surface area contributed by atoms with Crippen LogP contribution in [-0.4, -0.2) is 48.4 Å². The van der Waals surface area contributed by atoms with E-state index < -0.39 is 0 Å². The minimum absolute atomic E-state index is 0.759. The Balaban J connectivity index is 2.57. The van der Waals surface area contributed by atoms with Crippen molar-refractivity contribution in [2.75, 3.05) is 44.4 Å². The fourth-order valence-electron chi connectivity index (χ4n) is 1.73. The molecule has 1 aromatic heterocycles.